The number of amides is 2. The van der Waals surface area contributed by atoms with Crippen LogP contribution < -0.4 is 10.1 Å². The highest BCUT2D eigenvalue weighted by molar-refractivity contribution is 6.07. The summed E-state index contributed by atoms with van der Waals surface area (Å²) in [6.45, 7) is 1.15. The molecule has 1 aliphatic rings. The lowest BCUT2D eigenvalue weighted by Crippen LogP contribution is -2.34. The Balaban J connectivity index is 1.67. The normalized spacial score (nSPS) is 13.7. The SMILES string of the molecule is CCOC(=O)NC(=O)COC(=O)c1c2c(nc3ccccc13)/C(=C\c1ccc(OC)cc1)CCC2. The van der Waals surface area contributed by atoms with Gasteiger partial charge in [0, 0.05) is 5.39 Å². The number of para-hydroxylation sites is 1. The van der Waals surface area contributed by atoms with E-state index in [1.165, 1.54) is 0 Å². The van der Waals surface area contributed by atoms with Gasteiger partial charge in [0.15, 0.2) is 6.61 Å². The highest BCUT2D eigenvalue weighted by atomic mass is 16.6. The summed E-state index contributed by atoms with van der Waals surface area (Å²) in [4.78, 5) is 41.5. The van der Waals surface area contributed by atoms with Crippen molar-refractivity contribution in [2.75, 3.05) is 20.3 Å². The maximum atomic E-state index is 13.2. The van der Waals surface area contributed by atoms with Crippen molar-refractivity contribution in [2.24, 2.45) is 0 Å². The molecular weight excluding hydrogens is 448 g/mol. The fourth-order valence-corrected chi connectivity index (χ4v) is 4.13. The number of benzene rings is 2. The number of hydrogen-bond donors (Lipinski definition) is 1. The highest BCUT2D eigenvalue weighted by Crippen LogP contribution is 2.36. The Morgan fingerprint density at radius 3 is 2.54 bits per heavy atom. The van der Waals surface area contributed by atoms with Crippen LogP contribution in [0.4, 0.5) is 4.79 Å². The number of rotatable bonds is 6. The van der Waals surface area contributed by atoms with E-state index >= 15 is 0 Å². The molecule has 0 saturated carbocycles. The van der Waals surface area contributed by atoms with Gasteiger partial charge in [-0.25, -0.2) is 14.6 Å². The van der Waals surface area contributed by atoms with Crippen molar-refractivity contribution in [3.63, 3.8) is 0 Å². The molecule has 1 heterocycles. The van der Waals surface area contributed by atoms with E-state index in [1.54, 1.807) is 14.0 Å². The molecule has 3 aromatic rings. The molecule has 1 aliphatic carbocycles. The molecule has 0 spiro atoms. The third-order valence-corrected chi connectivity index (χ3v) is 5.68. The minimum Gasteiger partial charge on any atom is -0.497 e. The van der Waals surface area contributed by atoms with E-state index < -0.39 is 24.6 Å². The lowest BCUT2D eigenvalue weighted by Gasteiger charge is -2.22. The second-order valence-corrected chi connectivity index (χ2v) is 7.97. The Morgan fingerprint density at radius 1 is 1.03 bits per heavy atom. The molecule has 8 nitrogen and oxygen atoms in total. The third kappa shape index (κ3) is 5.48. The smallest absolute Gasteiger partial charge is 0.413 e. The number of pyridine rings is 1. The van der Waals surface area contributed by atoms with Crippen LogP contribution in [0.1, 0.15) is 46.9 Å². The van der Waals surface area contributed by atoms with Gasteiger partial charge in [-0.1, -0.05) is 30.3 Å². The predicted molar refractivity (Wildman–Crippen MR) is 131 cm³/mol. The fourth-order valence-electron chi connectivity index (χ4n) is 4.13. The number of aromatic nitrogens is 1. The predicted octanol–water partition coefficient (Wildman–Crippen LogP) is 4.55. The van der Waals surface area contributed by atoms with Crippen LogP contribution in [0.2, 0.25) is 0 Å². The molecule has 1 aromatic heterocycles. The van der Waals surface area contributed by atoms with Crippen molar-refractivity contribution in [3.05, 3.63) is 70.9 Å². The fraction of sp³-hybridized carbons (Fsp3) is 0.259. The molecule has 180 valence electrons. The minimum atomic E-state index is -0.881. The lowest BCUT2D eigenvalue weighted by molar-refractivity contribution is -0.123. The molecule has 0 radical (unpaired) electrons. The molecule has 0 bridgehead atoms. The average Bonchev–Trinajstić information content (AvgIpc) is 2.87. The Hall–Kier alpha value is -4.20. The highest BCUT2D eigenvalue weighted by Gasteiger charge is 2.26. The zero-order chi connectivity index (χ0) is 24.8. The van der Waals surface area contributed by atoms with Gasteiger partial charge in [-0.3, -0.25) is 10.1 Å². The number of imide groups is 1. The molecule has 2 amide bonds. The van der Waals surface area contributed by atoms with Gasteiger partial charge in [0.25, 0.3) is 5.91 Å². The maximum absolute atomic E-state index is 13.2. The largest absolute Gasteiger partial charge is 0.497 e. The first-order valence-corrected chi connectivity index (χ1v) is 11.4. The average molecular weight is 475 g/mol. The van der Waals surface area contributed by atoms with Crippen LogP contribution in [-0.4, -0.2) is 43.3 Å². The second-order valence-electron chi connectivity index (χ2n) is 7.97. The Bertz CT molecular complexity index is 1300. The van der Waals surface area contributed by atoms with Crippen LogP contribution >= 0.6 is 0 Å². The van der Waals surface area contributed by atoms with Gasteiger partial charge < -0.3 is 14.2 Å². The summed E-state index contributed by atoms with van der Waals surface area (Å²) in [6.07, 6.45) is 3.52. The van der Waals surface area contributed by atoms with E-state index in [-0.39, 0.29) is 6.61 Å². The van der Waals surface area contributed by atoms with Crippen LogP contribution in [0, 0.1) is 0 Å². The van der Waals surface area contributed by atoms with Gasteiger partial charge in [0.05, 0.1) is 30.5 Å². The third-order valence-electron chi connectivity index (χ3n) is 5.68. The first-order valence-electron chi connectivity index (χ1n) is 11.4. The molecule has 8 heteroatoms. The second kappa shape index (κ2) is 10.8. The molecule has 0 atom stereocenters. The Morgan fingerprint density at radius 2 is 1.80 bits per heavy atom. The van der Waals surface area contributed by atoms with E-state index in [0.717, 1.165) is 41.0 Å². The summed E-state index contributed by atoms with van der Waals surface area (Å²) in [5.74, 6) is -0.619. The molecule has 35 heavy (non-hydrogen) atoms. The molecule has 2 aromatic carbocycles. The number of allylic oxidation sites excluding steroid dienone is 1. The van der Waals surface area contributed by atoms with E-state index in [4.69, 9.17) is 14.5 Å². The molecule has 1 N–H and O–H groups in total. The Labute approximate surface area is 202 Å². The van der Waals surface area contributed by atoms with E-state index in [1.807, 2.05) is 53.8 Å². The van der Waals surface area contributed by atoms with Gasteiger partial charge in [-0.05, 0) is 67.2 Å². The van der Waals surface area contributed by atoms with Crippen molar-refractivity contribution in [1.29, 1.82) is 0 Å². The van der Waals surface area contributed by atoms with Crippen molar-refractivity contribution in [1.82, 2.24) is 10.3 Å². The van der Waals surface area contributed by atoms with Crippen molar-refractivity contribution >= 4 is 40.5 Å². The van der Waals surface area contributed by atoms with E-state index in [2.05, 4.69) is 10.8 Å². The van der Waals surface area contributed by atoms with Crippen molar-refractivity contribution in [3.8, 4) is 5.75 Å². The number of esters is 1. The molecule has 4 rings (SSSR count). The van der Waals surface area contributed by atoms with Crippen molar-refractivity contribution in [2.45, 2.75) is 26.2 Å². The van der Waals surface area contributed by atoms with Crippen LogP contribution in [0.3, 0.4) is 0 Å². The summed E-state index contributed by atoms with van der Waals surface area (Å²) in [5, 5.41) is 2.68. The first-order chi connectivity index (χ1) is 17.0. The van der Waals surface area contributed by atoms with E-state index in [0.29, 0.717) is 22.9 Å². The number of carbonyl (C=O) groups is 3. The van der Waals surface area contributed by atoms with Crippen LogP contribution in [0.15, 0.2) is 48.5 Å². The number of ether oxygens (including phenoxy) is 3. The quantitative estimate of drug-likeness (QED) is 0.523. The summed E-state index contributed by atoms with van der Waals surface area (Å²) >= 11 is 0. The van der Waals surface area contributed by atoms with Gasteiger partial charge in [0.1, 0.15) is 5.75 Å². The number of hydrogen-bond acceptors (Lipinski definition) is 7. The number of nitrogens with one attached hydrogen (secondary N) is 1. The minimum absolute atomic E-state index is 0.125. The molecule has 0 unspecified atom stereocenters. The number of nitrogens with zero attached hydrogens (tertiary/aromatic N) is 1. The summed E-state index contributed by atoms with van der Waals surface area (Å²) in [6, 6.07) is 15.1. The summed E-state index contributed by atoms with van der Waals surface area (Å²) in [7, 11) is 1.63. The standard InChI is InChI=1S/C27H26N2O6/c1-3-34-27(32)29-23(30)16-35-26(31)24-20-8-4-5-10-22(20)28-25-18(7-6-9-21(24)25)15-17-11-13-19(33-2)14-12-17/h4-5,8,10-15H,3,6-7,9,16H2,1-2H3,(H,29,30,32)/b18-15-. The van der Waals surface area contributed by atoms with E-state index in [9.17, 15) is 14.4 Å². The number of fused-ring (bicyclic) bond motifs is 2. The number of methoxy groups -OCH3 is 1. The first kappa shape index (κ1) is 23.9. The molecule has 0 fully saturated rings. The van der Waals surface area contributed by atoms with Crippen LogP contribution in [0.5, 0.6) is 5.75 Å². The number of alkyl carbamates (subject to hydrolysis) is 1. The van der Waals surface area contributed by atoms with Gasteiger partial charge >= 0.3 is 12.1 Å². The number of carbonyl (C=O) groups excluding carboxylic acids is 3. The molecule has 0 aliphatic heterocycles. The lowest BCUT2D eigenvalue weighted by atomic mass is 9.86. The Kier molecular flexibility index (Phi) is 7.40. The monoisotopic (exact) mass is 474 g/mol. The van der Waals surface area contributed by atoms with Crippen LogP contribution in [0.25, 0.3) is 22.6 Å². The zero-order valence-electron chi connectivity index (χ0n) is 19.6. The maximum Gasteiger partial charge on any atom is 0.413 e. The summed E-state index contributed by atoms with van der Waals surface area (Å²) in [5.41, 5.74) is 4.64. The molecular formula is C27H26N2O6. The topological polar surface area (TPSA) is 104 Å². The van der Waals surface area contributed by atoms with Crippen molar-refractivity contribution < 1.29 is 28.6 Å². The van der Waals surface area contributed by atoms with Crippen LogP contribution in [-0.2, 0) is 20.7 Å². The zero-order valence-corrected chi connectivity index (χ0v) is 19.6. The van der Waals surface area contributed by atoms with Gasteiger partial charge in [0.2, 0.25) is 0 Å². The van der Waals surface area contributed by atoms with Gasteiger partial charge in [-0.2, -0.15) is 0 Å². The molecule has 0 saturated heterocycles. The summed E-state index contributed by atoms with van der Waals surface area (Å²) < 4.78 is 15.2. The van der Waals surface area contributed by atoms with Gasteiger partial charge in [-0.15, -0.1) is 0 Å².